The molecular weight excluding hydrogens is 396 g/mol. The van der Waals surface area contributed by atoms with Gasteiger partial charge in [-0.05, 0) is 19.4 Å². The minimum atomic E-state index is -0.443. The SMILES string of the molecule is CCOC(=O)c1c(NC(=O)CSc2nncn2C)sc(C)c1-c1ccccc1. The van der Waals surface area contributed by atoms with Crippen molar-refractivity contribution in [2.75, 3.05) is 17.7 Å². The van der Waals surface area contributed by atoms with E-state index in [9.17, 15) is 9.59 Å². The summed E-state index contributed by atoms with van der Waals surface area (Å²) in [5.41, 5.74) is 2.10. The van der Waals surface area contributed by atoms with Crippen molar-refractivity contribution >= 4 is 40.0 Å². The highest BCUT2D eigenvalue weighted by Crippen LogP contribution is 2.40. The van der Waals surface area contributed by atoms with Crippen LogP contribution >= 0.6 is 23.1 Å². The molecule has 1 amide bonds. The predicted molar refractivity (Wildman–Crippen MR) is 111 cm³/mol. The largest absolute Gasteiger partial charge is 0.462 e. The number of benzene rings is 1. The number of hydrogen-bond donors (Lipinski definition) is 1. The van der Waals surface area contributed by atoms with E-state index < -0.39 is 5.97 Å². The molecule has 0 aliphatic carbocycles. The smallest absolute Gasteiger partial charge is 0.341 e. The summed E-state index contributed by atoms with van der Waals surface area (Å²) in [5, 5.41) is 11.7. The van der Waals surface area contributed by atoms with E-state index in [2.05, 4.69) is 15.5 Å². The lowest BCUT2D eigenvalue weighted by Gasteiger charge is -2.09. The Morgan fingerprint density at radius 3 is 2.68 bits per heavy atom. The van der Waals surface area contributed by atoms with Crippen molar-refractivity contribution < 1.29 is 14.3 Å². The van der Waals surface area contributed by atoms with E-state index in [4.69, 9.17) is 4.74 Å². The van der Waals surface area contributed by atoms with Crippen LogP contribution in [-0.2, 0) is 16.6 Å². The standard InChI is InChI=1S/C19H20N4O3S2/c1-4-26-18(25)16-15(13-8-6-5-7-9-13)12(2)28-17(16)21-14(24)10-27-19-22-20-11-23(19)3/h5-9,11H,4,10H2,1-3H3,(H,21,24). The van der Waals surface area contributed by atoms with Gasteiger partial charge < -0.3 is 14.6 Å². The number of aryl methyl sites for hydroxylation is 2. The Hall–Kier alpha value is -2.65. The lowest BCUT2D eigenvalue weighted by atomic mass is 10.0. The average molecular weight is 417 g/mol. The van der Waals surface area contributed by atoms with Crippen LogP contribution in [-0.4, -0.2) is 39.0 Å². The number of ether oxygens (including phenoxy) is 1. The molecule has 3 rings (SSSR count). The van der Waals surface area contributed by atoms with Gasteiger partial charge >= 0.3 is 5.97 Å². The van der Waals surface area contributed by atoms with Crippen LogP contribution in [0.15, 0.2) is 41.8 Å². The zero-order valence-electron chi connectivity index (χ0n) is 15.8. The van der Waals surface area contributed by atoms with Crippen LogP contribution in [0.2, 0.25) is 0 Å². The molecule has 1 aromatic carbocycles. The maximum absolute atomic E-state index is 12.7. The van der Waals surface area contributed by atoms with Crippen LogP contribution in [0.3, 0.4) is 0 Å². The van der Waals surface area contributed by atoms with Crippen LogP contribution < -0.4 is 5.32 Å². The first kappa shape index (κ1) is 20.1. The number of amides is 1. The van der Waals surface area contributed by atoms with Crippen molar-refractivity contribution in [3.05, 3.63) is 47.1 Å². The maximum Gasteiger partial charge on any atom is 0.341 e. The zero-order chi connectivity index (χ0) is 20.1. The van der Waals surface area contributed by atoms with Gasteiger partial charge in [-0.25, -0.2) is 4.79 Å². The summed E-state index contributed by atoms with van der Waals surface area (Å²) in [6.45, 7) is 3.95. The summed E-state index contributed by atoms with van der Waals surface area (Å²) in [6, 6.07) is 9.62. The van der Waals surface area contributed by atoms with Crippen molar-refractivity contribution in [2.24, 2.45) is 7.05 Å². The second-order valence-electron chi connectivity index (χ2n) is 5.89. The number of nitrogens with zero attached hydrogens (tertiary/aromatic N) is 3. The van der Waals surface area contributed by atoms with Gasteiger partial charge in [0, 0.05) is 17.5 Å². The van der Waals surface area contributed by atoms with E-state index >= 15 is 0 Å². The number of nitrogens with one attached hydrogen (secondary N) is 1. The highest BCUT2D eigenvalue weighted by Gasteiger charge is 2.25. The monoisotopic (exact) mass is 416 g/mol. The summed E-state index contributed by atoms with van der Waals surface area (Å²) < 4.78 is 6.99. The third kappa shape index (κ3) is 4.42. The lowest BCUT2D eigenvalue weighted by molar-refractivity contribution is -0.113. The van der Waals surface area contributed by atoms with Crippen LogP contribution in [0.1, 0.15) is 22.2 Å². The zero-order valence-corrected chi connectivity index (χ0v) is 17.4. The molecule has 7 nitrogen and oxygen atoms in total. The van der Waals surface area contributed by atoms with Gasteiger partial charge in [-0.15, -0.1) is 21.5 Å². The normalized spacial score (nSPS) is 10.7. The van der Waals surface area contributed by atoms with Crippen LogP contribution in [0, 0.1) is 6.92 Å². The molecule has 0 radical (unpaired) electrons. The van der Waals surface area contributed by atoms with Gasteiger partial charge in [0.25, 0.3) is 0 Å². The molecule has 0 saturated carbocycles. The van der Waals surface area contributed by atoms with Crippen LogP contribution in [0.4, 0.5) is 5.00 Å². The molecule has 0 unspecified atom stereocenters. The average Bonchev–Trinajstić information content (AvgIpc) is 3.23. The second-order valence-corrected chi connectivity index (χ2v) is 8.05. The Morgan fingerprint density at radius 2 is 2.04 bits per heavy atom. The molecule has 0 atom stereocenters. The van der Waals surface area contributed by atoms with Crippen LogP contribution in [0.25, 0.3) is 11.1 Å². The van der Waals surface area contributed by atoms with E-state index in [0.29, 0.717) is 15.7 Å². The van der Waals surface area contributed by atoms with Gasteiger partial charge in [-0.2, -0.15) is 0 Å². The number of esters is 1. The van der Waals surface area contributed by atoms with Crippen molar-refractivity contribution in [3.8, 4) is 11.1 Å². The lowest BCUT2D eigenvalue weighted by Crippen LogP contribution is -2.16. The van der Waals surface area contributed by atoms with Gasteiger partial charge in [0.15, 0.2) is 5.16 Å². The topological polar surface area (TPSA) is 86.1 Å². The molecule has 146 valence electrons. The van der Waals surface area contributed by atoms with Gasteiger partial charge in [0.2, 0.25) is 5.91 Å². The fraction of sp³-hybridized carbons (Fsp3) is 0.263. The fourth-order valence-corrected chi connectivity index (χ4v) is 4.45. The molecule has 0 fully saturated rings. The maximum atomic E-state index is 12.7. The van der Waals surface area contributed by atoms with Crippen molar-refractivity contribution in [3.63, 3.8) is 0 Å². The molecule has 2 heterocycles. The third-order valence-corrected chi connectivity index (χ3v) is 5.94. The Kier molecular flexibility index (Phi) is 6.48. The minimum Gasteiger partial charge on any atom is -0.462 e. The first-order valence-corrected chi connectivity index (χ1v) is 10.4. The first-order valence-electron chi connectivity index (χ1n) is 8.63. The third-order valence-electron chi connectivity index (χ3n) is 3.88. The van der Waals surface area contributed by atoms with Crippen molar-refractivity contribution in [1.82, 2.24) is 14.8 Å². The predicted octanol–water partition coefficient (Wildman–Crippen LogP) is 3.76. The number of aromatic nitrogens is 3. The van der Waals surface area contributed by atoms with E-state index in [0.717, 1.165) is 16.0 Å². The van der Waals surface area contributed by atoms with Gasteiger partial charge in [-0.1, -0.05) is 42.1 Å². The molecule has 0 bridgehead atoms. The van der Waals surface area contributed by atoms with Gasteiger partial charge in [0.05, 0.1) is 12.4 Å². The quantitative estimate of drug-likeness (QED) is 0.466. The summed E-state index contributed by atoms with van der Waals surface area (Å²) in [5.74, 6) is -0.506. The van der Waals surface area contributed by atoms with Crippen LogP contribution in [0.5, 0.6) is 0 Å². The molecule has 0 aliphatic rings. The van der Waals surface area contributed by atoms with E-state index in [1.54, 1.807) is 17.8 Å². The van der Waals surface area contributed by atoms with E-state index in [1.807, 2.05) is 44.3 Å². The van der Waals surface area contributed by atoms with Crippen molar-refractivity contribution in [2.45, 2.75) is 19.0 Å². The van der Waals surface area contributed by atoms with Crippen molar-refractivity contribution in [1.29, 1.82) is 0 Å². The highest BCUT2D eigenvalue weighted by atomic mass is 32.2. The second kappa shape index (κ2) is 9.03. The molecule has 2 aromatic heterocycles. The van der Waals surface area contributed by atoms with E-state index in [1.165, 1.54) is 23.1 Å². The number of carbonyl (C=O) groups is 2. The Morgan fingerprint density at radius 1 is 1.29 bits per heavy atom. The molecule has 28 heavy (non-hydrogen) atoms. The number of thiophene rings is 1. The summed E-state index contributed by atoms with van der Waals surface area (Å²) in [7, 11) is 1.81. The number of anilines is 1. The highest BCUT2D eigenvalue weighted by molar-refractivity contribution is 7.99. The molecule has 3 aromatic rings. The fourth-order valence-electron chi connectivity index (χ4n) is 2.68. The summed E-state index contributed by atoms with van der Waals surface area (Å²) in [6.07, 6.45) is 1.58. The van der Waals surface area contributed by atoms with E-state index in [-0.39, 0.29) is 18.3 Å². The number of rotatable bonds is 7. The molecule has 0 spiro atoms. The summed E-state index contributed by atoms with van der Waals surface area (Å²) >= 11 is 2.65. The van der Waals surface area contributed by atoms with Gasteiger partial charge in [-0.3, -0.25) is 4.79 Å². The number of carbonyl (C=O) groups excluding carboxylic acids is 2. The number of hydrogen-bond acceptors (Lipinski definition) is 7. The first-order chi connectivity index (χ1) is 13.5. The summed E-state index contributed by atoms with van der Waals surface area (Å²) in [4.78, 5) is 26.1. The molecule has 9 heteroatoms. The Labute approximate surface area is 171 Å². The molecular formula is C19H20N4O3S2. The Balaban J connectivity index is 1.86. The minimum absolute atomic E-state index is 0.159. The molecule has 1 N–H and O–H groups in total. The number of thioether (sulfide) groups is 1. The molecule has 0 aliphatic heterocycles. The molecule has 0 saturated heterocycles. The Bertz CT molecular complexity index is 982. The van der Waals surface area contributed by atoms with Gasteiger partial charge in [0.1, 0.15) is 16.9 Å².